The fourth-order valence-corrected chi connectivity index (χ4v) is 6.41. The van der Waals surface area contributed by atoms with Crippen LogP contribution in [0.4, 0.5) is 0 Å². The van der Waals surface area contributed by atoms with Gasteiger partial charge in [-0.1, -0.05) is 60.7 Å². The lowest BCUT2D eigenvalue weighted by Crippen LogP contribution is -1.99. The van der Waals surface area contributed by atoms with E-state index >= 15 is 0 Å². The average molecular weight is 497 g/mol. The molecule has 186 valence electrons. The van der Waals surface area contributed by atoms with E-state index in [0.29, 0.717) is 0 Å². The molecule has 0 radical (unpaired) electrons. The third kappa shape index (κ3) is 3.04. The van der Waals surface area contributed by atoms with Gasteiger partial charge in [-0.25, -0.2) is 0 Å². The summed E-state index contributed by atoms with van der Waals surface area (Å²) in [6, 6.07) is 32.4. The van der Waals surface area contributed by atoms with Crippen molar-refractivity contribution in [2.45, 2.75) is 26.9 Å². The highest BCUT2D eigenvalue weighted by Crippen LogP contribution is 2.51. The molecule has 0 saturated carbocycles. The SMILES string of the molecule is CCn1c2ccccc2c2c(-c3cccc(O)c3)c3c(c(-c4cccc(O)c4)c21)c1ccccc1n3CC. The summed E-state index contributed by atoms with van der Waals surface area (Å²) in [5.74, 6) is 0.499. The molecule has 38 heavy (non-hydrogen) atoms. The molecular formula is C34H28N2O2. The molecule has 0 amide bonds. The molecule has 7 rings (SSSR count). The molecule has 7 aromatic rings. The third-order valence-corrected chi connectivity index (χ3v) is 7.82. The fourth-order valence-electron chi connectivity index (χ4n) is 6.41. The van der Waals surface area contributed by atoms with Crippen molar-refractivity contribution in [3.63, 3.8) is 0 Å². The average Bonchev–Trinajstić information content (AvgIpc) is 3.44. The summed E-state index contributed by atoms with van der Waals surface area (Å²) >= 11 is 0. The first-order valence-corrected chi connectivity index (χ1v) is 13.2. The van der Waals surface area contributed by atoms with Gasteiger partial charge in [0.2, 0.25) is 0 Å². The standard InChI is InChI=1S/C34H28N2O2/c1-3-35-27-17-7-5-15-25(27)31-30(22-12-10-14-24(38)20-22)34-32(26-16-6-8-18-28(26)36(34)4-2)29(33(31)35)21-11-9-13-23(37)19-21/h5-20,37-38H,3-4H2,1-2H3. The number of fused-ring (bicyclic) bond motifs is 6. The van der Waals surface area contributed by atoms with Crippen LogP contribution < -0.4 is 0 Å². The zero-order valence-electron chi connectivity index (χ0n) is 21.4. The van der Waals surface area contributed by atoms with Gasteiger partial charge in [-0.15, -0.1) is 0 Å². The number of phenols is 2. The predicted molar refractivity (Wildman–Crippen MR) is 158 cm³/mol. The number of nitrogens with zero attached hydrogens (tertiary/aromatic N) is 2. The molecule has 0 fully saturated rings. The Morgan fingerprint density at radius 1 is 0.526 bits per heavy atom. The summed E-state index contributed by atoms with van der Waals surface area (Å²) in [5, 5.41) is 25.8. The molecule has 2 heterocycles. The van der Waals surface area contributed by atoms with E-state index in [1.54, 1.807) is 12.1 Å². The van der Waals surface area contributed by atoms with Crippen LogP contribution in [0.1, 0.15) is 13.8 Å². The van der Waals surface area contributed by atoms with Gasteiger partial charge in [-0.05, 0) is 61.4 Å². The predicted octanol–water partition coefficient (Wildman–Crippen LogP) is 8.69. The Hall–Kier alpha value is -4.70. The lowest BCUT2D eigenvalue weighted by Gasteiger charge is -2.17. The van der Waals surface area contributed by atoms with Gasteiger partial charge in [0.05, 0.1) is 11.0 Å². The van der Waals surface area contributed by atoms with Crippen molar-refractivity contribution in [2.75, 3.05) is 0 Å². The second kappa shape index (κ2) is 8.42. The number of aromatic hydroxyl groups is 2. The number of phenolic OH excluding ortho intramolecular Hbond substituents is 2. The summed E-state index contributed by atoms with van der Waals surface area (Å²) in [5.41, 5.74) is 8.85. The zero-order valence-corrected chi connectivity index (χ0v) is 21.4. The van der Waals surface area contributed by atoms with Crippen molar-refractivity contribution in [3.05, 3.63) is 97.1 Å². The van der Waals surface area contributed by atoms with Gasteiger partial charge in [0.25, 0.3) is 0 Å². The number of aryl methyl sites for hydroxylation is 2. The van der Waals surface area contributed by atoms with Crippen LogP contribution in [0.3, 0.4) is 0 Å². The van der Waals surface area contributed by atoms with Crippen LogP contribution in [0, 0.1) is 0 Å². The first-order chi connectivity index (χ1) is 18.6. The third-order valence-electron chi connectivity index (χ3n) is 7.82. The van der Waals surface area contributed by atoms with E-state index < -0.39 is 0 Å². The largest absolute Gasteiger partial charge is 0.508 e. The molecule has 5 aromatic carbocycles. The Bertz CT molecular complexity index is 1880. The van der Waals surface area contributed by atoms with Gasteiger partial charge in [0, 0.05) is 56.8 Å². The highest BCUT2D eigenvalue weighted by molar-refractivity contribution is 6.32. The molecule has 0 aliphatic carbocycles. The van der Waals surface area contributed by atoms with E-state index in [0.717, 1.165) is 57.1 Å². The molecule has 0 atom stereocenters. The second-order valence-electron chi connectivity index (χ2n) is 9.82. The Morgan fingerprint density at radius 3 is 1.34 bits per heavy atom. The highest BCUT2D eigenvalue weighted by Gasteiger charge is 2.27. The number of hydrogen-bond donors (Lipinski definition) is 2. The van der Waals surface area contributed by atoms with Crippen LogP contribution in [0.15, 0.2) is 97.1 Å². The van der Waals surface area contributed by atoms with Crippen molar-refractivity contribution in [1.29, 1.82) is 0 Å². The molecule has 4 heteroatoms. The van der Waals surface area contributed by atoms with Crippen molar-refractivity contribution < 1.29 is 10.2 Å². The first-order valence-electron chi connectivity index (χ1n) is 13.2. The monoisotopic (exact) mass is 496 g/mol. The van der Waals surface area contributed by atoms with Gasteiger partial charge in [0.1, 0.15) is 11.5 Å². The van der Waals surface area contributed by atoms with E-state index in [2.05, 4.69) is 83.6 Å². The van der Waals surface area contributed by atoms with Gasteiger partial charge >= 0.3 is 0 Å². The Balaban J connectivity index is 1.89. The van der Waals surface area contributed by atoms with Crippen LogP contribution in [0.25, 0.3) is 65.9 Å². The van der Waals surface area contributed by atoms with E-state index in [-0.39, 0.29) is 11.5 Å². The van der Waals surface area contributed by atoms with Crippen molar-refractivity contribution >= 4 is 43.6 Å². The number of benzene rings is 5. The Morgan fingerprint density at radius 2 is 0.947 bits per heavy atom. The molecule has 0 saturated heterocycles. The summed E-state index contributed by atoms with van der Waals surface area (Å²) < 4.78 is 4.79. The van der Waals surface area contributed by atoms with Gasteiger partial charge in [0.15, 0.2) is 0 Å². The zero-order chi connectivity index (χ0) is 26.0. The maximum Gasteiger partial charge on any atom is 0.116 e. The fraction of sp³-hybridized carbons (Fsp3) is 0.118. The minimum Gasteiger partial charge on any atom is -0.508 e. The lowest BCUT2D eigenvalue weighted by atomic mass is 9.89. The summed E-state index contributed by atoms with van der Waals surface area (Å²) in [7, 11) is 0. The molecule has 0 bridgehead atoms. The van der Waals surface area contributed by atoms with Crippen molar-refractivity contribution in [3.8, 4) is 33.8 Å². The number of rotatable bonds is 4. The normalized spacial score (nSPS) is 11.8. The molecule has 2 N–H and O–H groups in total. The van der Waals surface area contributed by atoms with Crippen LogP contribution in [-0.2, 0) is 13.1 Å². The van der Waals surface area contributed by atoms with Gasteiger partial charge < -0.3 is 19.3 Å². The molecule has 4 nitrogen and oxygen atoms in total. The van der Waals surface area contributed by atoms with Crippen LogP contribution in [0.2, 0.25) is 0 Å². The van der Waals surface area contributed by atoms with Crippen LogP contribution in [0.5, 0.6) is 11.5 Å². The molecular weight excluding hydrogens is 468 g/mol. The highest BCUT2D eigenvalue weighted by atomic mass is 16.3. The van der Waals surface area contributed by atoms with Crippen LogP contribution in [-0.4, -0.2) is 19.3 Å². The summed E-state index contributed by atoms with van der Waals surface area (Å²) in [6.07, 6.45) is 0. The molecule has 0 unspecified atom stereocenters. The van der Waals surface area contributed by atoms with E-state index in [1.807, 2.05) is 24.3 Å². The maximum atomic E-state index is 10.6. The first kappa shape index (κ1) is 22.5. The number of hydrogen-bond acceptors (Lipinski definition) is 2. The molecule has 0 spiro atoms. The second-order valence-corrected chi connectivity index (χ2v) is 9.82. The van der Waals surface area contributed by atoms with Crippen molar-refractivity contribution in [1.82, 2.24) is 9.13 Å². The lowest BCUT2D eigenvalue weighted by molar-refractivity contribution is 0.475. The van der Waals surface area contributed by atoms with E-state index in [9.17, 15) is 10.2 Å². The van der Waals surface area contributed by atoms with Crippen molar-refractivity contribution in [2.24, 2.45) is 0 Å². The summed E-state index contributed by atoms with van der Waals surface area (Å²) in [4.78, 5) is 0. The molecule has 0 aliphatic rings. The van der Waals surface area contributed by atoms with Crippen LogP contribution >= 0.6 is 0 Å². The smallest absolute Gasteiger partial charge is 0.116 e. The van der Waals surface area contributed by atoms with Gasteiger partial charge in [-0.3, -0.25) is 0 Å². The minimum absolute atomic E-state index is 0.249. The quantitative estimate of drug-likeness (QED) is 0.256. The Labute approximate surface area is 220 Å². The minimum atomic E-state index is 0.249. The number of para-hydroxylation sites is 2. The van der Waals surface area contributed by atoms with E-state index in [4.69, 9.17) is 0 Å². The molecule has 0 aliphatic heterocycles. The Kier molecular flexibility index (Phi) is 4.98. The molecule has 2 aromatic heterocycles. The maximum absolute atomic E-state index is 10.6. The van der Waals surface area contributed by atoms with E-state index in [1.165, 1.54) is 21.8 Å². The topological polar surface area (TPSA) is 50.3 Å². The number of aromatic nitrogens is 2. The summed E-state index contributed by atoms with van der Waals surface area (Å²) in [6.45, 7) is 5.97. The van der Waals surface area contributed by atoms with Gasteiger partial charge in [-0.2, -0.15) is 0 Å².